The summed E-state index contributed by atoms with van der Waals surface area (Å²) in [6.07, 6.45) is 6.23. The summed E-state index contributed by atoms with van der Waals surface area (Å²) in [6, 6.07) is 0.318. The molecule has 0 aromatic rings. The molecule has 1 aliphatic carbocycles. The van der Waals surface area contributed by atoms with Gasteiger partial charge in [0.05, 0.1) is 5.60 Å². The molecule has 15 heavy (non-hydrogen) atoms. The summed E-state index contributed by atoms with van der Waals surface area (Å²) in [4.78, 5) is 0. The van der Waals surface area contributed by atoms with Gasteiger partial charge in [0, 0.05) is 12.6 Å². The Morgan fingerprint density at radius 1 is 1.33 bits per heavy atom. The van der Waals surface area contributed by atoms with E-state index in [1.165, 1.54) is 25.7 Å². The molecule has 2 nitrogen and oxygen atoms in total. The highest BCUT2D eigenvalue weighted by Gasteiger charge is 2.45. The molecule has 0 radical (unpaired) electrons. The molecule has 1 spiro atoms. The Bertz CT molecular complexity index is 227. The van der Waals surface area contributed by atoms with Gasteiger partial charge in [-0.2, -0.15) is 0 Å². The second-order valence-corrected chi connectivity index (χ2v) is 6.53. The average Bonchev–Trinajstić information content (AvgIpc) is 2.13. The van der Waals surface area contributed by atoms with Crippen molar-refractivity contribution in [1.82, 2.24) is 0 Å². The number of rotatable bonds is 1. The van der Waals surface area contributed by atoms with Gasteiger partial charge in [-0.15, -0.1) is 0 Å². The Morgan fingerprint density at radius 3 is 2.47 bits per heavy atom. The number of nitrogens with two attached hydrogens (primary N) is 1. The molecule has 2 aliphatic rings. The van der Waals surface area contributed by atoms with Crippen LogP contribution in [0.1, 0.15) is 52.9 Å². The van der Waals surface area contributed by atoms with Crippen LogP contribution in [0.2, 0.25) is 0 Å². The summed E-state index contributed by atoms with van der Waals surface area (Å²) in [5.74, 6) is 0.666. The molecule has 2 unspecified atom stereocenters. The molecule has 0 bridgehead atoms. The van der Waals surface area contributed by atoms with Crippen molar-refractivity contribution in [3.05, 3.63) is 0 Å². The molecule has 0 amide bonds. The van der Waals surface area contributed by atoms with E-state index in [1.807, 2.05) is 0 Å². The minimum atomic E-state index is 0.229. The minimum absolute atomic E-state index is 0.229. The van der Waals surface area contributed by atoms with E-state index in [1.54, 1.807) is 0 Å². The quantitative estimate of drug-likeness (QED) is 0.724. The van der Waals surface area contributed by atoms with Crippen LogP contribution in [0.4, 0.5) is 0 Å². The normalized spacial score (nSPS) is 32.4. The molecular formula is C13H25NO. The maximum Gasteiger partial charge on any atom is 0.0685 e. The Balaban J connectivity index is 1.98. The van der Waals surface area contributed by atoms with Crippen LogP contribution in [0.5, 0.6) is 0 Å². The van der Waals surface area contributed by atoms with Crippen LogP contribution < -0.4 is 5.73 Å². The van der Waals surface area contributed by atoms with Crippen molar-refractivity contribution >= 4 is 0 Å². The van der Waals surface area contributed by atoms with Gasteiger partial charge in [0.2, 0.25) is 0 Å². The van der Waals surface area contributed by atoms with Crippen LogP contribution in [0.15, 0.2) is 0 Å². The van der Waals surface area contributed by atoms with Gasteiger partial charge >= 0.3 is 0 Å². The average molecular weight is 211 g/mol. The molecule has 0 aromatic carbocycles. The predicted molar refractivity (Wildman–Crippen MR) is 62.7 cm³/mol. The molecule has 1 aliphatic heterocycles. The first kappa shape index (κ1) is 11.4. The second-order valence-electron chi connectivity index (χ2n) is 6.53. The Morgan fingerprint density at radius 2 is 2.00 bits per heavy atom. The highest BCUT2D eigenvalue weighted by Crippen LogP contribution is 2.46. The van der Waals surface area contributed by atoms with Crippen LogP contribution >= 0.6 is 0 Å². The fourth-order valence-electron chi connectivity index (χ4n) is 3.00. The van der Waals surface area contributed by atoms with Gasteiger partial charge in [-0.1, -0.05) is 20.8 Å². The predicted octanol–water partition coefficient (Wildman–Crippen LogP) is 2.71. The van der Waals surface area contributed by atoms with Gasteiger partial charge < -0.3 is 10.5 Å². The first-order valence-electron chi connectivity index (χ1n) is 6.33. The monoisotopic (exact) mass is 211 g/mol. The molecular weight excluding hydrogens is 186 g/mol. The zero-order chi connectivity index (χ0) is 11.1. The van der Waals surface area contributed by atoms with E-state index in [-0.39, 0.29) is 11.0 Å². The van der Waals surface area contributed by atoms with Crippen molar-refractivity contribution in [3.8, 4) is 0 Å². The van der Waals surface area contributed by atoms with Crippen LogP contribution in [-0.2, 0) is 4.74 Å². The van der Waals surface area contributed by atoms with Crippen LogP contribution in [0.25, 0.3) is 0 Å². The van der Waals surface area contributed by atoms with Gasteiger partial charge in [0.15, 0.2) is 0 Å². The molecule has 1 heterocycles. The van der Waals surface area contributed by atoms with E-state index in [0.29, 0.717) is 12.0 Å². The number of hydrogen-bond acceptors (Lipinski definition) is 2. The molecule has 0 aromatic heterocycles. The first-order chi connectivity index (χ1) is 6.93. The van der Waals surface area contributed by atoms with Gasteiger partial charge in [-0.3, -0.25) is 0 Å². The molecule has 2 N–H and O–H groups in total. The van der Waals surface area contributed by atoms with Gasteiger partial charge in [-0.25, -0.2) is 0 Å². The fraction of sp³-hybridized carbons (Fsp3) is 1.00. The standard InChI is InChI=1S/C13H25NO/c1-12(2,3)11(14)10-5-8-15-13(9-10)6-4-7-13/h10-11H,4-9,14H2,1-3H3. The summed E-state index contributed by atoms with van der Waals surface area (Å²) in [5.41, 5.74) is 6.84. The van der Waals surface area contributed by atoms with E-state index in [9.17, 15) is 0 Å². The van der Waals surface area contributed by atoms with Gasteiger partial charge in [0.25, 0.3) is 0 Å². The zero-order valence-corrected chi connectivity index (χ0v) is 10.4. The van der Waals surface area contributed by atoms with Crippen molar-refractivity contribution in [3.63, 3.8) is 0 Å². The zero-order valence-electron chi connectivity index (χ0n) is 10.4. The topological polar surface area (TPSA) is 35.2 Å². The van der Waals surface area contributed by atoms with Crippen LogP contribution in [0, 0.1) is 11.3 Å². The number of ether oxygens (including phenoxy) is 1. The molecule has 1 saturated heterocycles. The lowest BCUT2D eigenvalue weighted by molar-refractivity contribution is -0.149. The van der Waals surface area contributed by atoms with Crippen LogP contribution in [0.3, 0.4) is 0 Å². The summed E-state index contributed by atoms with van der Waals surface area (Å²) >= 11 is 0. The van der Waals surface area contributed by atoms with E-state index in [2.05, 4.69) is 20.8 Å². The smallest absolute Gasteiger partial charge is 0.0685 e. The summed E-state index contributed by atoms with van der Waals surface area (Å²) in [5, 5.41) is 0. The second kappa shape index (κ2) is 3.74. The van der Waals surface area contributed by atoms with Crippen LogP contribution in [-0.4, -0.2) is 18.2 Å². The molecule has 2 atom stereocenters. The van der Waals surface area contributed by atoms with E-state index in [0.717, 1.165) is 13.0 Å². The molecule has 88 valence electrons. The third-order valence-electron chi connectivity index (χ3n) is 4.30. The van der Waals surface area contributed by atoms with Crippen molar-refractivity contribution in [2.75, 3.05) is 6.61 Å². The third kappa shape index (κ3) is 2.21. The van der Waals surface area contributed by atoms with Gasteiger partial charge in [0.1, 0.15) is 0 Å². The minimum Gasteiger partial charge on any atom is -0.375 e. The van der Waals surface area contributed by atoms with Gasteiger partial charge in [-0.05, 0) is 43.4 Å². The molecule has 2 fully saturated rings. The van der Waals surface area contributed by atoms with Crippen molar-refractivity contribution < 1.29 is 4.74 Å². The van der Waals surface area contributed by atoms with E-state index < -0.39 is 0 Å². The maximum absolute atomic E-state index is 6.37. The summed E-state index contributed by atoms with van der Waals surface area (Å²) in [7, 11) is 0. The first-order valence-corrected chi connectivity index (χ1v) is 6.33. The largest absolute Gasteiger partial charge is 0.375 e. The SMILES string of the molecule is CC(C)(C)C(N)C1CCOC2(CCC2)C1. The highest BCUT2D eigenvalue weighted by molar-refractivity contribution is 4.97. The molecule has 1 saturated carbocycles. The Kier molecular flexibility index (Phi) is 2.85. The lowest BCUT2D eigenvalue weighted by Crippen LogP contribution is -2.52. The Labute approximate surface area is 93.6 Å². The highest BCUT2D eigenvalue weighted by atomic mass is 16.5. The lowest BCUT2D eigenvalue weighted by atomic mass is 9.67. The molecule has 2 rings (SSSR count). The molecule has 2 heteroatoms. The maximum atomic E-state index is 6.37. The summed E-state index contributed by atoms with van der Waals surface area (Å²) < 4.78 is 5.94. The van der Waals surface area contributed by atoms with E-state index in [4.69, 9.17) is 10.5 Å². The van der Waals surface area contributed by atoms with Crippen molar-refractivity contribution in [2.24, 2.45) is 17.1 Å². The summed E-state index contributed by atoms with van der Waals surface area (Å²) in [6.45, 7) is 7.68. The lowest BCUT2D eigenvalue weighted by Gasteiger charge is -2.50. The van der Waals surface area contributed by atoms with Crippen molar-refractivity contribution in [2.45, 2.75) is 64.5 Å². The Hall–Kier alpha value is -0.0800. The number of hydrogen-bond donors (Lipinski definition) is 1. The van der Waals surface area contributed by atoms with Crippen molar-refractivity contribution in [1.29, 1.82) is 0 Å². The van der Waals surface area contributed by atoms with E-state index >= 15 is 0 Å². The fourth-order valence-corrected chi connectivity index (χ4v) is 3.00. The third-order valence-corrected chi connectivity index (χ3v) is 4.30.